The number of aliphatic carboxylic acids is 1. The number of benzene rings is 1. The highest BCUT2D eigenvalue weighted by Crippen LogP contribution is 2.27. The van der Waals surface area contributed by atoms with Crippen molar-refractivity contribution in [2.24, 2.45) is 0 Å². The largest absolute Gasteiger partial charge is 0.497 e. The van der Waals surface area contributed by atoms with Crippen LogP contribution in [0.2, 0.25) is 0 Å². The summed E-state index contributed by atoms with van der Waals surface area (Å²) in [6.45, 7) is 6.05. The summed E-state index contributed by atoms with van der Waals surface area (Å²) in [6.07, 6.45) is 1.11. The zero-order valence-corrected chi connectivity index (χ0v) is 14.9. The van der Waals surface area contributed by atoms with Crippen molar-refractivity contribution in [2.45, 2.75) is 33.2 Å². The van der Waals surface area contributed by atoms with Crippen molar-refractivity contribution in [3.8, 4) is 5.75 Å². The molecule has 0 bridgehead atoms. The van der Waals surface area contributed by atoms with Crippen LogP contribution in [0.4, 0.5) is 0 Å². The van der Waals surface area contributed by atoms with Gasteiger partial charge in [0.25, 0.3) is 5.91 Å². The van der Waals surface area contributed by atoms with E-state index < -0.39 is 5.97 Å². The molecule has 0 fully saturated rings. The molecule has 1 aromatic heterocycles. The first-order chi connectivity index (χ1) is 11.9. The van der Waals surface area contributed by atoms with Gasteiger partial charge in [0.1, 0.15) is 17.9 Å². The molecular formula is C19H23NO5. The lowest BCUT2D eigenvalue weighted by Gasteiger charge is -2.29. The summed E-state index contributed by atoms with van der Waals surface area (Å²) >= 11 is 0. The number of carboxylic acid groups (broad SMARTS) is 1. The number of hydrogen-bond acceptors (Lipinski definition) is 4. The van der Waals surface area contributed by atoms with E-state index >= 15 is 0 Å². The number of ether oxygens (including phenoxy) is 1. The van der Waals surface area contributed by atoms with E-state index in [4.69, 9.17) is 14.3 Å². The van der Waals surface area contributed by atoms with Crippen molar-refractivity contribution in [1.82, 2.24) is 4.90 Å². The summed E-state index contributed by atoms with van der Waals surface area (Å²) in [4.78, 5) is 25.8. The van der Waals surface area contributed by atoms with E-state index in [-0.39, 0.29) is 24.1 Å². The maximum atomic E-state index is 13.1. The van der Waals surface area contributed by atoms with Crippen molar-refractivity contribution < 1.29 is 23.8 Å². The molecule has 1 unspecified atom stereocenters. The van der Waals surface area contributed by atoms with Gasteiger partial charge in [0.05, 0.1) is 25.0 Å². The van der Waals surface area contributed by atoms with Crippen molar-refractivity contribution in [3.63, 3.8) is 0 Å². The van der Waals surface area contributed by atoms with Crippen LogP contribution in [0.3, 0.4) is 0 Å². The fourth-order valence-electron chi connectivity index (χ4n) is 2.87. The van der Waals surface area contributed by atoms with Gasteiger partial charge in [-0.05, 0) is 38.5 Å². The second kappa shape index (κ2) is 7.88. The van der Waals surface area contributed by atoms with Crippen LogP contribution in [0.25, 0.3) is 0 Å². The molecule has 0 saturated carbocycles. The van der Waals surface area contributed by atoms with E-state index in [1.807, 2.05) is 38.1 Å². The van der Waals surface area contributed by atoms with E-state index in [0.717, 1.165) is 11.3 Å². The molecule has 2 rings (SSSR count). The minimum absolute atomic E-state index is 0.186. The molecule has 2 aromatic rings. The lowest BCUT2D eigenvalue weighted by Crippen LogP contribution is -2.34. The normalized spacial score (nSPS) is 11.8. The Bertz CT molecular complexity index is 765. The average Bonchev–Trinajstić information content (AvgIpc) is 2.94. The van der Waals surface area contributed by atoms with Crippen molar-refractivity contribution in [1.29, 1.82) is 0 Å². The maximum absolute atomic E-state index is 13.1. The van der Waals surface area contributed by atoms with Crippen LogP contribution >= 0.6 is 0 Å². The number of carboxylic acids is 1. The topological polar surface area (TPSA) is 80.0 Å². The molecule has 1 atom stereocenters. The van der Waals surface area contributed by atoms with Crippen molar-refractivity contribution >= 4 is 11.9 Å². The van der Waals surface area contributed by atoms with Gasteiger partial charge in [-0.3, -0.25) is 9.59 Å². The van der Waals surface area contributed by atoms with E-state index in [2.05, 4.69) is 0 Å². The summed E-state index contributed by atoms with van der Waals surface area (Å²) in [5, 5.41) is 9.02. The van der Waals surface area contributed by atoms with Crippen LogP contribution in [0.1, 0.15) is 47.1 Å². The number of amides is 1. The number of hydrogen-bond donors (Lipinski definition) is 1. The monoisotopic (exact) mass is 345 g/mol. The van der Waals surface area contributed by atoms with Crippen LogP contribution < -0.4 is 4.74 Å². The number of aryl methyl sites for hydroxylation is 1. The van der Waals surface area contributed by atoms with Crippen LogP contribution in [0.15, 0.2) is 34.9 Å². The Morgan fingerprint density at radius 3 is 2.68 bits per heavy atom. The highest BCUT2D eigenvalue weighted by molar-refractivity contribution is 5.97. The molecule has 0 aliphatic heterocycles. The molecular weight excluding hydrogens is 322 g/mol. The maximum Gasteiger partial charge on any atom is 0.311 e. The fraction of sp³-hybridized carbons (Fsp3) is 0.368. The molecule has 25 heavy (non-hydrogen) atoms. The van der Waals surface area contributed by atoms with E-state index in [1.54, 1.807) is 18.9 Å². The summed E-state index contributed by atoms with van der Waals surface area (Å²) in [5.41, 5.74) is 1.91. The standard InChI is InChI=1S/C19H23NO5/c1-5-20(13(3)14-7-6-8-15(9-14)24-4)19(23)18-12(2)11-25-16(18)10-17(21)22/h6-9,11,13H,5,10H2,1-4H3,(H,21,22). The molecule has 1 N–H and O–H groups in total. The molecule has 6 heteroatoms. The number of carbonyl (C=O) groups excluding carboxylic acids is 1. The molecule has 6 nitrogen and oxygen atoms in total. The van der Waals surface area contributed by atoms with Gasteiger partial charge in [-0.2, -0.15) is 0 Å². The summed E-state index contributed by atoms with van der Waals surface area (Å²) in [7, 11) is 1.60. The number of methoxy groups -OCH3 is 1. The third kappa shape index (κ3) is 4.02. The van der Waals surface area contributed by atoms with Crippen LogP contribution in [-0.2, 0) is 11.2 Å². The fourth-order valence-corrected chi connectivity index (χ4v) is 2.87. The van der Waals surface area contributed by atoms with Crippen LogP contribution in [0.5, 0.6) is 5.75 Å². The molecule has 134 valence electrons. The second-order valence-electron chi connectivity index (χ2n) is 5.83. The first kappa shape index (κ1) is 18.6. The highest BCUT2D eigenvalue weighted by atomic mass is 16.5. The Morgan fingerprint density at radius 1 is 1.36 bits per heavy atom. The minimum Gasteiger partial charge on any atom is -0.497 e. The van der Waals surface area contributed by atoms with Crippen LogP contribution in [-0.4, -0.2) is 35.5 Å². The molecule has 1 amide bonds. The Balaban J connectivity index is 2.35. The Morgan fingerprint density at radius 2 is 2.08 bits per heavy atom. The van der Waals surface area contributed by atoms with Gasteiger partial charge < -0.3 is 19.2 Å². The Kier molecular flexibility index (Phi) is 5.85. The SMILES string of the molecule is CCN(C(=O)c1c(C)coc1CC(=O)O)C(C)c1cccc(OC)c1. The predicted octanol–water partition coefficient (Wildman–Crippen LogP) is 3.45. The summed E-state index contributed by atoms with van der Waals surface area (Å²) in [6, 6.07) is 7.35. The zero-order chi connectivity index (χ0) is 18.6. The van der Waals surface area contributed by atoms with Crippen molar-refractivity contribution in [2.75, 3.05) is 13.7 Å². The molecule has 1 heterocycles. The van der Waals surface area contributed by atoms with Crippen LogP contribution in [0, 0.1) is 6.92 Å². The third-order valence-corrected chi connectivity index (χ3v) is 4.22. The molecule has 0 radical (unpaired) electrons. The number of nitrogens with zero attached hydrogens (tertiary/aromatic N) is 1. The van der Waals surface area contributed by atoms with Gasteiger partial charge in [-0.25, -0.2) is 0 Å². The minimum atomic E-state index is -1.03. The molecule has 0 saturated heterocycles. The van der Waals surface area contributed by atoms with Crippen molar-refractivity contribution in [3.05, 3.63) is 53.0 Å². The molecule has 0 aliphatic carbocycles. The van der Waals surface area contributed by atoms with Gasteiger partial charge in [0.15, 0.2) is 0 Å². The lowest BCUT2D eigenvalue weighted by molar-refractivity contribution is -0.136. The highest BCUT2D eigenvalue weighted by Gasteiger charge is 2.27. The average molecular weight is 345 g/mol. The molecule has 0 aliphatic rings. The second-order valence-corrected chi connectivity index (χ2v) is 5.83. The number of furan rings is 1. The van der Waals surface area contributed by atoms with E-state index in [9.17, 15) is 9.59 Å². The first-order valence-corrected chi connectivity index (χ1v) is 8.12. The lowest BCUT2D eigenvalue weighted by atomic mass is 10.0. The van der Waals surface area contributed by atoms with E-state index in [0.29, 0.717) is 17.7 Å². The summed E-state index contributed by atoms with van der Waals surface area (Å²) < 4.78 is 10.5. The Labute approximate surface area is 147 Å². The van der Waals surface area contributed by atoms with Gasteiger partial charge in [0, 0.05) is 12.1 Å². The Hall–Kier alpha value is -2.76. The molecule has 1 aromatic carbocycles. The molecule has 0 spiro atoms. The van der Waals surface area contributed by atoms with E-state index in [1.165, 1.54) is 6.26 Å². The smallest absolute Gasteiger partial charge is 0.311 e. The van der Waals surface area contributed by atoms with Gasteiger partial charge in [-0.1, -0.05) is 12.1 Å². The quantitative estimate of drug-likeness (QED) is 0.831. The van der Waals surface area contributed by atoms with Gasteiger partial charge in [0.2, 0.25) is 0 Å². The first-order valence-electron chi connectivity index (χ1n) is 8.12. The van der Waals surface area contributed by atoms with Gasteiger partial charge in [-0.15, -0.1) is 0 Å². The number of rotatable bonds is 7. The number of carbonyl (C=O) groups is 2. The van der Waals surface area contributed by atoms with Gasteiger partial charge >= 0.3 is 5.97 Å². The summed E-state index contributed by atoms with van der Waals surface area (Å²) in [5.74, 6) is -0.363. The predicted molar refractivity (Wildman–Crippen MR) is 92.9 cm³/mol. The zero-order valence-electron chi connectivity index (χ0n) is 14.9. The third-order valence-electron chi connectivity index (χ3n) is 4.22.